The zero-order valence-electron chi connectivity index (χ0n) is 13.6. The van der Waals surface area contributed by atoms with Crippen LogP contribution < -0.4 is 0 Å². The Hall–Kier alpha value is -2.61. The predicted molar refractivity (Wildman–Crippen MR) is 88.9 cm³/mol. The molecule has 23 heavy (non-hydrogen) atoms. The van der Waals surface area contributed by atoms with Gasteiger partial charge in [0.2, 0.25) is 0 Å². The highest BCUT2D eigenvalue weighted by molar-refractivity contribution is 5.37. The molecular weight excluding hydrogens is 288 g/mol. The van der Waals surface area contributed by atoms with E-state index in [4.69, 9.17) is 0 Å². The molecule has 5 nitrogen and oxygen atoms in total. The van der Waals surface area contributed by atoms with Crippen LogP contribution in [0.4, 0.5) is 0 Å². The number of nitrogens with zero attached hydrogens (tertiary/aromatic N) is 4. The Balaban J connectivity index is 1.81. The van der Waals surface area contributed by atoms with Gasteiger partial charge in [-0.3, -0.25) is 0 Å². The van der Waals surface area contributed by atoms with Crippen LogP contribution in [0.25, 0.3) is 0 Å². The maximum atomic E-state index is 10.3. The zero-order chi connectivity index (χ0) is 16.4. The van der Waals surface area contributed by atoms with Gasteiger partial charge in [-0.05, 0) is 25.5 Å². The minimum Gasteiger partial charge on any atom is -0.504 e. The second kappa shape index (κ2) is 6.25. The Bertz CT molecular complexity index is 687. The van der Waals surface area contributed by atoms with Gasteiger partial charge in [-0.15, -0.1) is 0 Å². The first kappa shape index (κ1) is 15.3. The smallest absolute Gasteiger partial charge is 0.156 e. The summed E-state index contributed by atoms with van der Waals surface area (Å²) in [6.07, 6.45) is 3.82. The Morgan fingerprint density at radius 3 is 2.74 bits per heavy atom. The van der Waals surface area contributed by atoms with Crippen molar-refractivity contribution in [3.63, 3.8) is 0 Å². The van der Waals surface area contributed by atoms with E-state index in [1.165, 1.54) is 0 Å². The summed E-state index contributed by atoms with van der Waals surface area (Å²) in [7, 11) is 0. The van der Waals surface area contributed by atoms with Crippen LogP contribution in [-0.4, -0.2) is 45.6 Å². The quantitative estimate of drug-likeness (QED) is 0.930. The minimum absolute atomic E-state index is 0.309. The van der Waals surface area contributed by atoms with Gasteiger partial charge in [0.1, 0.15) is 0 Å². The van der Waals surface area contributed by atoms with Gasteiger partial charge in [0.25, 0.3) is 0 Å². The molecule has 2 aliphatic heterocycles. The lowest BCUT2D eigenvalue weighted by Gasteiger charge is -2.43. The second-order valence-electron chi connectivity index (χ2n) is 6.28. The molecule has 0 aromatic heterocycles. The number of rotatable bonds is 3. The van der Waals surface area contributed by atoms with Crippen LogP contribution in [-0.2, 0) is 6.54 Å². The molecule has 0 fully saturated rings. The minimum atomic E-state index is 0.309. The normalized spacial score (nSPS) is 17.6. The summed E-state index contributed by atoms with van der Waals surface area (Å²) >= 11 is 0. The molecule has 0 radical (unpaired) electrons. The molecule has 2 heterocycles. The molecule has 0 bridgehead atoms. The second-order valence-corrected chi connectivity index (χ2v) is 6.28. The van der Waals surface area contributed by atoms with Gasteiger partial charge < -0.3 is 19.8 Å². The molecule has 0 unspecified atom stereocenters. The van der Waals surface area contributed by atoms with E-state index < -0.39 is 0 Å². The van der Waals surface area contributed by atoms with Gasteiger partial charge in [0.15, 0.2) is 5.76 Å². The van der Waals surface area contributed by atoms with Crippen molar-refractivity contribution in [1.82, 2.24) is 14.7 Å². The van der Waals surface area contributed by atoms with E-state index in [9.17, 15) is 10.4 Å². The van der Waals surface area contributed by atoms with Crippen molar-refractivity contribution >= 4 is 0 Å². The van der Waals surface area contributed by atoms with Crippen molar-refractivity contribution in [2.45, 2.75) is 26.4 Å². The molecule has 0 aliphatic carbocycles. The first-order chi connectivity index (χ1) is 11.1. The highest BCUT2D eigenvalue weighted by Gasteiger charge is 2.27. The molecule has 1 aromatic carbocycles. The van der Waals surface area contributed by atoms with E-state index >= 15 is 0 Å². The van der Waals surface area contributed by atoms with Crippen LogP contribution in [0.15, 0.2) is 48.1 Å². The van der Waals surface area contributed by atoms with Crippen LogP contribution in [0.2, 0.25) is 0 Å². The highest BCUT2D eigenvalue weighted by atomic mass is 16.3. The lowest BCUT2D eigenvalue weighted by Crippen LogP contribution is -2.47. The Kier molecular flexibility index (Phi) is 4.16. The van der Waals surface area contributed by atoms with Gasteiger partial charge in [0, 0.05) is 38.1 Å². The van der Waals surface area contributed by atoms with Crippen LogP contribution in [0.3, 0.4) is 0 Å². The number of aliphatic hydroxyl groups is 1. The van der Waals surface area contributed by atoms with E-state index in [0.717, 1.165) is 31.0 Å². The van der Waals surface area contributed by atoms with E-state index in [1.54, 1.807) is 0 Å². The lowest BCUT2D eigenvalue weighted by atomic mass is 10.1. The van der Waals surface area contributed by atoms with Crippen LogP contribution in [0, 0.1) is 11.3 Å². The Morgan fingerprint density at radius 1 is 1.22 bits per heavy atom. The molecule has 3 rings (SSSR count). The zero-order valence-corrected chi connectivity index (χ0v) is 13.6. The van der Waals surface area contributed by atoms with Crippen LogP contribution in [0.1, 0.15) is 25.0 Å². The summed E-state index contributed by atoms with van der Waals surface area (Å²) in [6.45, 7) is 7.46. The average Bonchev–Trinajstić information content (AvgIpc) is 2.55. The summed E-state index contributed by atoms with van der Waals surface area (Å²) in [5.74, 6) is 0.309. The number of nitriles is 1. The van der Waals surface area contributed by atoms with Gasteiger partial charge in [-0.1, -0.05) is 18.2 Å². The summed E-state index contributed by atoms with van der Waals surface area (Å²) in [6, 6.07) is 10.3. The third kappa shape index (κ3) is 3.11. The molecule has 5 heteroatoms. The largest absolute Gasteiger partial charge is 0.504 e. The fraction of sp³-hybridized carbons (Fsp3) is 0.389. The van der Waals surface area contributed by atoms with Gasteiger partial charge in [-0.2, -0.15) is 5.26 Å². The SMILES string of the molecule is CC(C)N1C=C(O)C2=CN(Cc3ccccc3C#N)CCN2C1. The van der Waals surface area contributed by atoms with Crippen molar-refractivity contribution in [2.75, 3.05) is 19.8 Å². The summed E-state index contributed by atoms with van der Waals surface area (Å²) in [5, 5.41) is 19.6. The van der Waals surface area contributed by atoms with Gasteiger partial charge in [-0.25, -0.2) is 0 Å². The molecule has 1 N–H and O–H groups in total. The molecule has 0 amide bonds. The highest BCUT2D eigenvalue weighted by Crippen LogP contribution is 2.26. The molecule has 120 valence electrons. The number of hydrogen-bond donors (Lipinski definition) is 1. The maximum absolute atomic E-state index is 10.3. The maximum Gasteiger partial charge on any atom is 0.156 e. The molecule has 2 aliphatic rings. The molecular formula is C18H22N4O. The van der Waals surface area contributed by atoms with Gasteiger partial charge in [0.05, 0.1) is 24.0 Å². The van der Waals surface area contributed by atoms with Crippen molar-refractivity contribution in [3.8, 4) is 6.07 Å². The van der Waals surface area contributed by atoms with Gasteiger partial charge >= 0.3 is 0 Å². The first-order valence-electron chi connectivity index (χ1n) is 7.94. The number of benzene rings is 1. The van der Waals surface area contributed by atoms with E-state index in [1.807, 2.05) is 36.7 Å². The standard InChI is InChI=1S/C18H22N4O/c1-14(2)22-12-18(23)17-11-20(7-8-21(17)13-22)10-16-6-4-3-5-15(16)9-19/h3-6,11-12,14,23H,7-8,10,13H2,1-2H3. The van der Waals surface area contributed by atoms with E-state index in [0.29, 0.717) is 23.9 Å². The van der Waals surface area contributed by atoms with Crippen molar-refractivity contribution in [2.24, 2.45) is 0 Å². The molecule has 0 spiro atoms. The van der Waals surface area contributed by atoms with E-state index in [2.05, 4.69) is 34.6 Å². The molecule has 0 saturated carbocycles. The van der Waals surface area contributed by atoms with Crippen molar-refractivity contribution in [3.05, 3.63) is 59.2 Å². The summed E-state index contributed by atoms with van der Waals surface area (Å²) in [5.41, 5.74) is 2.59. The lowest BCUT2D eigenvalue weighted by molar-refractivity contribution is 0.120. The monoisotopic (exact) mass is 310 g/mol. The number of aliphatic hydroxyl groups excluding tert-OH is 1. The third-order valence-corrected chi connectivity index (χ3v) is 4.36. The number of fused-ring (bicyclic) bond motifs is 1. The summed E-state index contributed by atoms with van der Waals surface area (Å²) in [4.78, 5) is 6.49. The summed E-state index contributed by atoms with van der Waals surface area (Å²) < 4.78 is 0. The topological polar surface area (TPSA) is 53.7 Å². The average molecular weight is 310 g/mol. The molecule has 1 aromatic rings. The third-order valence-electron chi connectivity index (χ3n) is 4.36. The fourth-order valence-electron chi connectivity index (χ4n) is 2.95. The fourth-order valence-corrected chi connectivity index (χ4v) is 2.95. The van der Waals surface area contributed by atoms with Crippen molar-refractivity contribution < 1.29 is 5.11 Å². The molecule has 0 saturated heterocycles. The molecule has 0 atom stereocenters. The van der Waals surface area contributed by atoms with Crippen LogP contribution in [0.5, 0.6) is 0 Å². The van der Waals surface area contributed by atoms with Crippen LogP contribution >= 0.6 is 0 Å². The van der Waals surface area contributed by atoms with Crippen molar-refractivity contribution in [1.29, 1.82) is 5.26 Å². The first-order valence-corrected chi connectivity index (χ1v) is 7.94. The predicted octanol–water partition coefficient (Wildman–Crippen LogP) is 2.60. The van der Waals surface area contributed by atoms with E-state index in [-0.39, 0.29) is 0 Å². The Morgan fingerprint density at radius 2 is 2.00 bits per heavy atom. The Labute approximate surface area is 137 Å². The number of hydrogen-bond acceptors (Lipinski definition) is 5.